The van der Waals surface area contributed by atoms with Crippen LogP contribution in [0.1, 0.15) is 61.2 Å². The second kappa shape index (κ2) is 9.17. The number of rotatable bonds is 5. The second-order valence-electron chi connectivity index (χ2n) is 8.35. The van der Waals surface area contributed by atoms with Crippen molar-refractivity contribution in [3.05, 3.63) is 61.5 Å². The molecule has 0 fully saturated rings. The van der Waals surface area contributed by atoms with E-state index in [1.807, 2.05) is 0 Å². The molecule has 2 aromatic carbocycles. The molecule has 3 rings (SSSR count). The van der Waals surface area contributed by atoms with E-state index in [4.69, 9.17) is 0 Å². The van der Waals surface area contributed by atoms with Crippen LogP contribution < -0.4 is 10.3 Å². The van der Waals surface area contributed by atoms with E-state index in [1.54, 1.807) is 18.3 Å². The van der Waals surface area contributed by atoms with Gasteiger partial charge in [0.2, 0.25) is 0 Å². The molecule has 1 amide bonds. The van der Waals surface area contributed by atoms with E-state index in [2.05, 4.69) is 100 Å². The predicted octanol–water partition coefficient (Wildman–Crippen LogP) is 6.40. The summed E-state index contributed by atoms with van der Waals surface area (Å²) in [5, 5.41) is 14.0. The molecule has 0 atom stereocenters. The molecule has 164 valence electrons. The number of hydrogen-bond acceptors (Lipinski definition) is 4. The Labute approximate surface area is 200 Å². The highest BCUT2D eigenvalue weighted by Crippen LogP contribution is 2.40. The first kappa shape index (κ1) is 23.5. The molecule has 1 heterocycles. The summed E-state index contributed by atoms with van der Waals surface area (Å²) in [5.74, 6) is -0.311. The number of carbonyl (C=O) groups excluding carboxylic acids is 1. The average Bonchev–Trinajstić information content (AvgIpc) is 2.69. The van der Waals surface area contributed by atoms with Crippen LogP contribution in [-0.4, -0.2) is 29.3 Å². The molecule has 0 bridgehead atoms. The molecule has 0 saturated carbocycles. The van der Waals surface area contributed by atoms with Crippen molar-refractivity contribution in [3.63, 3.8) is 0 Å². The van der Waals surface area contributed by atoms with Crippen LogP contribution in [0.25, 0.3) is 5.57 Å². The summed E-state index contributed by atoms with van der Waals surface area (Å²) in [6.45, 7) is 11.9. The number of amides is 1. The predicted molar refractivity (Wildman–Crippen MR) is 135 cm³/mol. The molecular weight excluding hydrogens is 522 g/mol. The molecule has 1 aliphatic heterocycles. The fourth-order valence-corrected chi connectivity index (χ4v) is 5.12. The highest BCUT2D eigenvalue weighted by atomic mass is 79.9. The SMILES string of the molecule is CCCN1c2cc(C)c(/C=N\NC(=O)c3cc(Br)c(O)c(Br)c3)cc2C(C)=CC1(C)C. The van der Waals surface area contributed by atoms with Gasteiger partial charge < -0.3 is 10.0 Å². The van der Waals surface area contributed by atoms with E-state index in [1.165, 1.54) is 16.8 Å². The lowest BCUT2D eigenvalue weighted by atomic mass is 9.87. The van der Waals surface area contributed by atoms with Gasteiger partial charge in [0, 0.05) is 23.4 Å². The molecule has 31 heavy (non-hydrogen) atoms. The third-order valence-electron chi connectivity index (χ3n) is 5.46. The average molecular weight is 549 g/mol. The van der Waals surface area contributed by atoms with Gasteiger partial charge in [0.15, 0.2) is 0 Å². The monoisotopic (exact) mass is 547 g/mol. The number of aryl methyl sites for hydroxylation is 1. The molecule has 0 spiro atoms. The number of phenols is 1. The first-order chi connectivity index (χ1) is 14.5. The topological polar surface area (TPSA) is 64.9 Å². The van der Waals surface area contributed by atoms with Crippen LogP contribution in [0.2, 0.25) is 0 Å². The fraction of sp³-hybridized carbons (Fsp3) is 0.333. The van der Waals surface area contributed by atoms with Crippen molar-refractivity contribution in [2.24, 2.45) is 5.10 Å². The molecule has 1 aliphatic rings. The molecule has 2 aromatic rings. The van der Waals surface area contributed by atoms with Crippen molar-refractivity contribution in [2.75, 3.05) is 11.4 Å². The van der Waals surface area contributed by atoms with Gasteiger partial charge in [-0.2, -0.15) is 5.10 Å². The van der Waals surface area contributed by atoms with Crippen LogP contribution in [0.5, 0.6) is 5.75 Å². The Morgan fingerprint density at radius 2 is 1.84 bits per heavy atom. The summed E-state index contributed by atoms with van der Waals surface area (Å²) in [6.07, 6.45) is 5.06. The lowest BCUT2D eigenvalue weighted by molar-refractivity contribution is 0.0955. The maximum absolute atomic E-state index is 12.4. The molecule has 7 heteroatoms. The maximum Gasteiger partial charge on any atom is 0.271 e. The van der Waals surface area contributed by atoms with Gasteiger partial charge in [0.05, 0.1) is 20.7 Å². The zero-order valence-corrected chi connectivity index (χ0v) is 21.6. The van der Waals surface area contributed by atoms with E-state index in [-0.39, 0.29) is 17.2 Å². The Morgan fingerprint density at radius 3 is 2.45 bits per heavy atom. The lowest BCUT2D eigenvalue weighted by Gasteiger charge is -2.43. The Balaban J connectivity index is 1.86. The van der Waals surface area contributed by atoms with Gasteiger partial charge >= 0.3 is 0 Å². The van der Waals surface area contributed by atoms with Gasteiger partial charge in [-0.15, -0.1) is 0 Å². The van der Waals surface area contributed by atoms with E-state index >= 15 is 0 Å². The largest absolute Gasteiger partial charge is 0.506 e. The standard InChI is InChI=1S/C24H27Br2N3O2/c1-6-7-29-21-8-14(2)17(9-18(21)15(3)12-24(29,4)5)13-27-28-23(31)16-10-19(25)22(30)20(26)11-16/h8-13,30H,6-7H2,1-5H3,(H,28,31)/b27-13-. The third kappa shape index (κ3) is 4.88. The van der Waals surface area contributed by atoms with Crippen molar-refractivity contribution in [1.82, 2.24) is 5.43 Å². The number of allylic oxidation sites excluding steroid dienone is 1. The number of nitrogens with zero attached hydrogens (tertiary/aromatic N) is 2. The number of aromatic hydroxyl groups is 1. The number of hydrazone groups is 1. The van der Waals surface area contributed by atoms with Gasteiger partial charge in [-0.1, -0.05) is 13.0 Å². The maximum atomic E-state index is 12.4. The molecule has 0 saturated heterocycles. The van der Waals surface area contributed by atoms with Crippen LogP contribution in [0.3, 0.4) is 0 Å². The van der Waals surface area contributed by atoms with E-state index in [9.17, 15) is 9.90 Å². The van der Waals surface area contributed by atoms with Gasteiger partial charge in [-0.3, -0.25) is 4.79 Å². The second-order valence-corrected chi connectivity index (χ2v) is 10.1. The summed E-state index contributed by atoms with van der Waals surface area (Å²) in [5.41, 5.74) is 8.64. The number of anilines is 1. The smallest absolute Gasteiger partial charge is 0.271 e. The van der Waals surface area contributed by atoms with Crippen molar-refractivity contribution >= 4 is 55.2 Å². The summed E-state index contributed by atoms with van der Waals surface area (Å²) in [4.78, 5) is 14.9. The summed E-state index contributed by atoms with van der Waals surface area (Å²) in [6, 6.07) is 7.44. The first-order valence-electron chi connectivity index (χ1n) is 10.2. The first-order valence-corrected chi connectivity index (χ1v) is 11.8. The van der Waals surface area contributed by atoms with Crippen molar-refractivity contribution in [3.8, 4) is 5.75 Å². The number of halogens is 2. The van der Waals surface area contributed by atoms with E-state index in [0.29, 0.717) is 14.5 Å². The van der Waals surface area contributed by atoms with Crippen LogP contribution in [0.4, 0.5) is 5.69 Å². The fourth-order valence-electron chi connectivity index (χ4n) is 3.94. The molecule has 0 aliphatic carbocycles. The highest BCUT2D eigenvalue weighted by molar-refractivity contribution is 9.11. The van der Waals surface area contributed by atoms with E-state index < -0.39 is 0 Å². The Kier molecular flexibility index (Phi) is 6.96. The quantitative estimate of drug-likeness (QED) is 0.335. The molecule has 5 nitrogen and oxygen atoms in total. The summed E-state index contributed by atoms with van der Waals surface area (Å²) < 4.78 is 0.867. The van der Waals surface area contributed by atoms with Gasteiger partial charge in [-0.25, -0.2) is 5.43 Å². The Morgan fingerprint density at radius 1 is 1.19 bits per heavy atom. The molecular formula is C24H27Br2N3O2. The molecule has 0 unspecified atom stereocenters. The Bertz CT molecular complexity index is 1070. The van der Waals surface area contributed by atoms with Crippen molar-refractivity contribution < 1.29 is 9.90 Å². The minimum atomic E-state index is -0.361. The van der Waals surface area contributed by atoms with Crippen LogP contribution in [0.15, 0.2) is 44.4 Å². The number of benzene rings is 2. The van der Waals surface area contributed by atoms with Crippen molar-refractivity contribution in [2.45, 2.75) is 46.6 Å². The number of nitrogens with one attached hydrogen (secondary N) is 1. The number of carbonyl (C=O) groups is 1. The number of fused-ring (bicyclic) bond motifs is 1. The lowest BCUT2D eigenvalue weighted by Crippen LogP contribution is -2.45. The van der Waals surface area contributed by atoms with Gasteiger partial charge in [-0.05, 0) is 107 Å². The van der Waals surface area contributed by atoms with Crippen LogP contribution in [-0.2, 0) is 0 Å². The molecule has 0 radical (unpaired) electrons. The third-order valence-corrected chi connectivity index (χ3v) is 6.67. The van der Waals surface area contributed by atoms with Gasteiger partial charge in [0.25, 0.3) is 5.91 Å². The highest BCUT2D eigenvalue weighted by Gasteiger charge is 2.31. The summed E-state index contributed by atoms with van der Waals surface area (Å²) in [7, 11) is 0. The molecule has 0 aromatic heterocycles. The zero-order chi connectivity index (χ0) is 22.9. The normalized spacial score (nSPS) is 15.1. The van der Waals surface area contributed by atoms with Crippen molar-refractivity contribution in [1.29, 1.82) is 0 Å². The summed E-state index contributed by atoms with van der Waals surface area (Å²) >= 11 is 6.47. The van der Waals surface area contributed by atoms with Crippen LogP contribution >= 0.6 is 31.9 Å². The number of phenolic OH excluding ortho intramolecular Hbond substituents is 1. The number of hydrogen-bond donors (Lipinski definition) is 2. The minimum absolute atomic E-state index is 0.0320. The van der Waals surface area contributed by atoms with Gasteiger partial charge in [0.1, 0.15) is 5.75 Å². The zero-order valence-electron chi connectivity index (χ0n) is 18.4. The Hall–Kier alpha value is -2.12. The van der Waals surface area contributed by atoms with Crippen LogP contribution in [0, 0.1) is 6.92 Å². The molecule has 2 N–H and O–H groups in total. The minimum Gasteiger partial charge on any atom is -0.506 e. The van der Waals surface area contributed by atoms with E-state index in [0.717, 1.165) is 24.1 Å².